The lowest BCUT2D eigenvalue weighted by atomic mass is 10.0. The minimum atomic E-state index is 0.349. The van der Waals surface area contributed by atoms with E-state index < -0.39 is 0 Å². The molecule has 1 aromatic rings. The van der Waals surface area contributed by atoms with Crippen molar-refractivity contribution in [3.63, 3.8) is 0 Å². The van der Waals surface area contributed by atoms with E-state index in [0.717, 1.165) is 24.5 Å². The van der Waals surface area contributed by atoms with E-state index in [-0.39, 0.29) is 0 Å². The van der Waals surface area contributed by atoms with E-state index in [1.54, 1.807) is 0 Å². The van der Waals surface area contributed by atoms with Gasteiger partial charge in [-0.2, -0.15) is 0 Å². The average Bonchev–Trinajstić information content (AvgIpc) is 3.04. The van der Waals surface area contributed by atoms with Gasteiger partial charge in [-0.1, -0.05) is 6.07 Å². The Morgan fingerprint density at radius 3 is 3.06 bits per heavy atom. The van der Waals surface area contributed by atoms with Crippen LogP contribution in [0.25, 0.3) is 0 Å². The normalized spacial score (nSPS) is 22.6. The summed E-state index contributed by atoms with van der Waals surface area (Å²) in [6.45, 7) is 1.50. The molecule has 98 valence electrons. The Bertz CT molecular complexity index is 424. The van der Waals surface area contributed by atoms with E-state index >= 15 is 0 Å². The number of hydrogen-bond donors (Lipinski definition) is 0. The van der Waals surface area contributed by atoms with Crippen LogP contribution >= 0.6 is 11.6 Å². The van der Waals surface area contributed by atoms with E-state index in [0.29, 0.717) is 18.8 Å². The Morgan fingerprint density at radius 2 is 2.17 bits per heavy atom. The molecule has 3 nitrogen and oxygen atoms in total. The highest BCUT2D eigenvalue weighted by atomic mass is 35.5. The van der Waals surface area contributed by atoms with E-state index in [9.17, 15) is 0 Å². The summed E-state index contributed by atoms with van der Waals surface area (Å²) < 4.78 is 10.7. The fourth-order valence-corrected chi connectivity index (χ4v) is 3.12. The lowest BCUT2D eigenvalue weighted by Crippen LogP contribution is -2.28. The molecule has 0 aliphatic carbocycles. The molecule has 0 N–H and O–H groups in total. The SMILES string of the molecule is ClCN1CCC[C@@H]1CCc1ccc2c(c1)OCO2. The highest BCUT2D eigenvalue weighted by Gasteiger charge is 2.23. The van der Waals surface area contributed by atoms with Crippen molar-refractivity contribution in [1.29, 1.82) is 0 Å². The second kappa shape index (κ2) is 5.37. The number of aryl methyl sites for hydroxylation is 1. The number of likely N-dealkylation sites (tertiary alicyclic amines) is 1. The van der Waals surface area contributed by atoms with Crippen LogP contribution in [0.15, 0.2) is 18.2 Å². The van der Waals surface area contributed by atoms with Gasteiger partial charge in [-0.3, -0.25) is 4.90 Å². The van der Waals surface area contributed by atoms with Gasteiger partial charge in [0.05, 0.1) is 6.00 Å². The van der Waals surface area contributed by atoms with E-state index in [1.165, 1.54) is 24.8 Å². The zero-order chi connectivity index (χ0) is 12.4. The van der Waals surface area contributed by atoms with Crippen molar-refractivity contribution in [2.45, 2.75) is 31.7 Å². The summed E-state index contributed by atoms with van der Waals surface area (Å²) in [4.78, 5) is 2.37. The quantitative estimate of drug-likeness (QED) is 0.618. The number of halogens is 1. The molecule has 2 aliphatic rings. The van der Waals surface area contributed by atoms with Gasteiger partial charge in [0.1, 0.15) is 0 Å². The first-order chi connectivity index (χ1) is 8.86. The number of rotatable bonds is 4. The van der Waals surface area contributed by atoms with Gasteiger partial charge >= 0.3 is 0 Å². The monoisotopic (exact) mass is 267 g/mol. The smallest absolute Gasteiger partial charge is 0.231 e. The molecule has 0 spiro atoms. The predicted molar refractivity (Wildman–Crippen MR) is 71.3 cm³/mol. The largest absolute Gasteiger partial charge is 0.454 e. The highest BCUT2D eigenvalue weighted by Crippen LogP contribution is 2.33. The van der Waals surface area contributed by atoms with Gasteiger partial charge in [0, 0.05) is 6.04 Å². The van der Waals surface area contributed by atoms with Crippen LogP contribution in [0.4, 0.5) is 0 Å². The summed E-state index contributed by atoms with van der Waals surface area (Å²) in [6, 6.07) is 7.54. The maximum Gasteiger partial charge on any atom is 0.231 e. The first-order valence-electron chi connectivity index (χ1n) is 6.55. The molecule has 1 atom stereocenters. The molecule has 0 bridgehead atoms. The van der Waals surface area contributed by atoms with Gasteiger partial charge < -0.3 is 9.47 Å². The topological polar surface area (TPSA) is 21.7 Å². The van der Waals surface area contributed by atoms with Gasteiger partial charge in [-0.15, -0.1) is 11.6 Å². The molecule has 0 saturated carbocycles. The van der Waals surface area contributed by atoms with Crippen LogP contribution in [0.3, 0.4) is 0 Å². The van der Waals surface area contributed by atoms with Crippen LogP contribution in [-0.4, -0.2) is 30.3 Å². The van der Waals surface area contributed by atoms with Crippen molar-refractivity contribution in [3.8, 4) is 11.5 Å². The summed E-state index contributed by atoms with van der Waals surface area (Å²) in [5, 5.41) is 0. The molecule has 3 rings (SSSR count). The molecule has 2 aliphatic heterocycles. The predicted octanol–water partition coefficient (Wildman–Crippen LogP) is 3.01. The van der Waals surface area contributed by atoms with Crippen molar-refractivity contribution in [1.82, 2.24) is 4.90 Å². The summed E-state index contributed by atoms with van der Waals surface area (Å²) in [5.74, 6) is 1.75. The van der Waals surface area contributed by atoms with Gasteiger partial charge in [0.2, 0.25) is 6.79 Å². The minimum absolute atomic E-state index is 0.349. The van der Waals surface area contributed by atoms with E-state index in [2.05, 4.69) is 17.0 Å². The van der Waals surface area contributed by atoms with Crippen LogP contribution in [0.2, 0.25) is 0 Å². The van der Waals surface area contributed by atoms with E-state index in [4.69, 9.17) is 21.1 Å². The third-order valence-electron chi connectivity index (χ3n) is 3.86. The lowest BCUT2D eigenvalue weighted by molar-refractivity contribution is 0.174. The number of hydrogen-bond acceptors (Lipinski definition) is 3. The molecule has 0 aromatic heterocycles. The van der Waals surface area contributed by atoms with Crippen LogP contribution in [0, 0.1) is 0 Å². The van der Waals surface area contributed by atoms with Crippen molar-refractivity contribution >= 4 is 11.6 Å². The standard InChI is InChI=1S/C14H18ClNO2/c15-9-16-7-1-2-12(16)5-3-11-4-6-13-14(8-11)18-10-17-13/h4,6,8,12H,1-3,5,7,9-10H2/t12-/m1/s1. The zero-order valence-electron chi connectivity index (χ0n) is 10.4. The second-order valence-corrected chi connectivity index (χ2v) is 5.19. The third-order valence-corrected chi connectivity index (χ3v) is 4.16. The number of nitrogens with zero attached hydrogens (tertiary/aromatic N) is 1. The number of alkyl halides is 1. The Hall–Kier alpha value is -0.930. The molecular weight excluding hydrogens is 250 g/mol. The van der Waals surface area contributed by atoms with Crippen molar-refractivity contribution < 1.29 is 9.47 Å². The Balaban J connectivity index is 1.60. The molecule has 2 heterocycles. The number of ether oxygens (including phenoxy) is 2. The fourth-order valence-electron chi connectivity index (χ4n) is 2.81. The molecule has 0 radical (unpaired) electrons. The van der Waals surface area contributed by atoms with Gasteiger partial charge in [0.15, 0.2) is 11.5 Å². The lowest BCUT2D eigenvalue weighted by Gasteiger charge is -2.21. The molecule has 4 heteroatoms. The molecule has 0 amide bonds. The van der Waals surface area contributed by atoms with Crippen molar-refractivity contribution in [3.05, 3.63) is 23.8 Å². The Kier molecular flexibility index (Phi) is 3.62. The fraction of sp³-hybridized carbons (Fsp3) is 0.571. The molecule has 1 saturated heterocycles. The van der Waals surface area contributed by atoms with Crippen LogP contribution in [0.1, 0.15) is 24.8 Å². The van der Waals surface area contributed by atoms with Crippen molar-refractivity contribution in [2.24, 2.45) is 0 Å². The highest BCUT2D eigenvalue weighted by molar-refractivity contribution is 6.17. The number of fused-ring (bicyclic) bond motifs is 1. The number of benzene rings is 1. The van der Waals surface area contributed by atoms with Crippen LogP contribution in [0.5, 0.6) is 11.5 Å². The maximum absolute atomic E-state index is 5.95. The Morgan fingerprint density at radius 1 is 1.28 bits per heavy atom. The maximum atomic E-state index is 5.95. The molecular formula is C14H18ClNO2. The van der Waals surface area contributed by atoms with Crippen molar-refractivity contribution in [2.75, 3.05) is 19.3 Å². The third kappa shape index (κ3) is 2.43. The molecule has 18 heavy (non-hydrogen) atoms. The summed E-state index contributed by atoms with van der Waals surface area (Å²) in [6.07, 6.45) is 4.80. The first-order valence-corrected chi connectivity index (χ1v) is 7.09. The second-order valence-electron chi connectivity index (χ2n) is 4.95. The van der Waals surface area contributed by atoms with Gasteiger partial charge in [-0.05, 0) is 49.9 Å². The summed E-state index contributed by atoms with van der Waals surface area (Å²) in [5.41, 5.74) is 1.32. The van der Waals surface area contributed by atoms with Gasteiger partial charge in [-0.25, -0.2) is 0 Å². The average molecular weight is 268 g/mol. The zero-order valence-corrected chi connectivity index (χ0v) is 11.2. The first kappa shape index (κ1) is 12.1. The Labute approximate surface area is 113 Å². The molecule has 1 aromatic carbocycles. The van der Waals surface area contributed by atoms with Crippen LogP contribution in [-0.2, 0) is 6.42 Å². The minimum Gasteiger partial charge on any atom is -0.454 e. The molecule has 0 unspecified atom stereocenters. The van der Waals surface area contributed by atoms with E-state index in [1.807, 2.05) is 6.07 Å². The molecule has 1 fully saturated rings. The summed E-state index contributed by atoms with van der Waals surface area (Å²) in [7, 11) is 0. The van der Waals surface area contributed by atoms with Gasteiger partial charge in [0.25, 0.3) is 0 Å². The van der Waals surface area contributed by atoms with Crippen LogP contribution < -0.4 is 9.47 Å². The summed E-state index contributed by atoms with van der Waals surface area (Å²) >= 11 is 5.95.